The molecule has 0 aliphatic heterocycles. The van der Waals surface area contributed by atoms with Crippen LogP contribution < -0.4 is 10.5 Å². The third-order valence-corrected chi connectivity index (χ3v) is 3.05. The molecule has 1 aromatic carbocycles. The topological polar surface area (TPSA) is 62.3 Å². The molecule has 0 saturated heterocycles. The minimum absolute atomic E-state index is 0.0507. The Bertz CT molecular complexity index is 393. The van der Waals surface area contributed by atoms with Gasteiger partial charge in [0.15, 0.2) is 0 Å². The maximum Gasteiger partial charge on any atom is 0.131 e. The number of amidine groups is 1. The molecule has 0 spiro atoms. The molecule has 0 amide bonds. The summed E-state index contributed by atoms with van der Waals surface area (Å²) in [5, 5.41) is 7.61. The van der Waals surface area contributed by atoms with Gasteiger partial charge in [-0.1, -0.05) is 6.07 Å². The molecule has 0 fully saturated rings. The Balaban J connectivity index is 2.87. The minimum atomic E-state index is 0.0507. The highest BCUT2D eigenvalue weighted by Crippen LogP contribution is 2.28. The van der Waals surface area contributed by atoms with Gasteiger partial charge in [0.1, 0.15) is 18.2 Å². The first-order valence-electron chi connectivity index (χ1n) is 5.35. The summed E-state index contributed by atoms with van der Waals surface area (Å²) in [6, 6.07) is 5.72. The van der Waals surface area contributed by atoms with Crippen LogP contribution >= 0.6 is 11.8 Å². The average Bonchev–Trinajstić information content (AvgIpc) is 2.27. The van der Waals surface area contributed by atoms with Gasteiger partial charge in [-0.3, -0.25) is 5.41 Å². The Morgan fingerprint density at radius 2 is 2.18 bits per heavy atom. The first-order valence-corrected chi connectivity index (χ1v) is 6.57. The van der Waals surface area contributed by atoms with Gasteiger partial charge in [0.2, 0.25) is 0 Å². The van der Waals surface area contributed by atoms with Crippen molar-refractivity contribution >= 4 is 17.6 Å². The third-order valence-electron chi connectivity index (χ3n) is 2.27. The van der Waals surface area contributed by atoms with Crippen molar-refractivity contribution in [1.82, 2.24) is 4.90 Å². The van der Waals surface area contributed by atoms with E-state index >= 15 is 0 Å². The summed E-state index contributed by atoms with van der Waals surface area (Å²) in [5.41, 5.74) is 6.30. The number of nitrogens with two attached hydrogens (primary N) is 1. The second-order valence-corrected chi connectivity index (χ2v) is 4.75. The molecular weight excluding hydrogens is 234 g/mol. The van der Waals surface area contributed by atoms with Crippen LogP contribution in [-0.4, -0.2) is 44.2 Å². The molecule has 1 aromatic rings. The molecule has 0 aliphatic rings. The van der Waals surface area contributed by atoms with Crippen molar-refractivity contribution in [2.75, 3.05) is 33.5 Å². The zero-order chi connectivity index (χ0) is 12.8. The maximum atomic E-state index is 7.61. The summed E-state index contributed by atoms with van der Waals surface area (Å²) in [7, 11) is 3.99. The predicted molar refractivity (Wildman–Crippen MR) is 73.3 cm³/mol. The van der Waals surface area contributed by atoms with Crippen molar-refractivity contribution < 1.29 is 4.74 Å². The molecule has 0 atom stereocenters. The van der Waals surface area contributed by atoms with Crippen molar-refractivity contribution in [3.63, 3.8) is 0 Å². The Hall–Kier alpha value is -1.20. The fourth-order valence-corrected chi connectivity index (χ4v) is 2.03. The second-order valence-electron chi connectivity index (χ2n) is 3.90. The number of likely N-dealkylation sites (N-methyl/N-ethyl adjacent to an activating group) is 1. The van der Waals surface area contributed by atoms with Gasteiger partial charge in [0.25, 0.3) is 0 Å². The molecular formula is C12H19N3OS. The lowest BCUT2D eigenvalue weighted by atomic mass is 10.2. The monoisotopic (exact) mass is 253 g/mol. The predicted octanol–water partition coefficient (Wildman–Crippen LogP) is 1.63. The van der Waals surface area contributed by atoms with E-state index in [-0.39, 0.29) is 5.84 Å². The van der Waals surface area contributed by atoms with E-state index in [0.29, 0.717) is 17.9 Å². The average molecular weight is 253 g/mol. The van der Waals surface area contributed by atoms with Crippen LogP contribution in [0.3, 0.4) is 0 Å². The summed E-state index contributed by atoms with van der Waals surface area (Å²) in [5.74, 6) is 0.737. The van der Waals surface area contributed by atoms with Gasteiger partial charge in [-0.2, -0.15) is 0 Å². The molecule has 0 heterocycles. The van der Waals surface area contributed by atoms with Gasteiger partial charge < -0.3 is 15.4 Å². The number of benzene rings is 1. The van der Waals surface area contributed by atoms with Crippen LogP contribution in [0.4, 0.5) is 0 Å². The zero-order valence-electron chi connectivity index (χ0n) is 10.5. The summed E-state index contributed by atoms with van der Waals surface area (Å²) >= 11 is 1.57. The van der Waals surface area contributed by atoms with Gasteiger partial charge in [0, 0.05) is 11.4 Å². The Morgan fingerprint density at radius 1 is 1.47 bits per heavy atom. The van der Waals surface area contributed by atoms with E-state index in [4.69, 9.17) is 15.9 Å². The molecule has 5 heteroatoms. The van der Waals surface area contributed by atoms with Gasteiger partial charge >= 0.3 is 0 Å². The molecule has 17 heavy (non-hydrogen) atoms. The van der Waals surface area contributed by atoms with Crippen LogP contribution in [-0.2, 0) is 0 Å². The van der Waals surface area contributed by atoms with E-state index < -0.39 is 0 Å². The van der Waals surface area contributed by atoms with E-state index in [1.165, 1.54) is 0 Å². The van der Waals surface area contributed by atoms with Gasteiger partial charge in [-0.05, 0) is 32.5 Å². The van der Waals surface area contributed by atoms with E-state index in [1.54, 1.807) is 11.8 Å². The fraction of sp³-hybridized carbons (Fsp3) is 0.417. The number of ether oxygens (including phenoxy) is 1. The van der Waals surface area contributed by atoms with Crippen molar-refractivity contribution in [2.45, 2.75) is 4.90 Å². The van der Waals surface area contributed by atoms with Crippen LogP contribution in [0.2, 0.25) is 0 Å². The van der Waals surface area contributed by atoms with Gasteiger partial charge in [0.05, 0.1) is 5.56 Å². The van der Waals surface area contributed by atoms with E-state index in [2.05, 4.69) is 0 Å². The molecule has 0 saturated carbocycles. The Labute approximate surface area is 107 Å². The van der Waals surface area contributed by atoms with Crippen molar-refractivity contribution in [1.29, 1.82) is 5.41 Å². The van der Waals surface area contributed by atoms with Gasteiger partial charge in [-0.15, -0.1) is 11.8 Å². The van der Waals surface area contributed by atoms with Crippen molar-refractivity contribution in [2.24, 2.45) is 5.73 Å². The number of rotatable bonds is 6. The lowest BCUT2D eigenvalue weighted by Gasteiger charge is -2.15. The lowest BCUT2D eigenvalue weighted by molar-refractivity contribution is 0.260. The maximum absolute atomic E-state index is 7.61. The van der Waals surface area contributed by atoms with Gasteiger partial charge in [-0.25, -0.2) is 0 Å². The molecule has 0 aromatic heterocycles. The fourth-order valence-electron chi connectivity index (χ4n) is 1.41. The minimum Gasteiger partial charge on any atom is -0.491 e. The number of nitrogens with one attached hydrogen (secondary N) is 1. The smallest absolute Gasteiger partial charge is 0.131 e. The molecule has 0 bridgehead atoms. The number of nitrogen functional groups attached to an aromatic ring is 1. The molecule has 1 rings (SSSR count). The highest BCUT2D eigenvalue weighted by molar-refractivity contribution is 7.98. The largest absolute Gasteiger partial charge is 0.491 e. The number of hydrogen-bond acceptors (Lipinski definition) is 4. The lowest BCUT2D eigenvalue weighted by Crippen LogP contribution is -2.21. The summed E-state index contributed by atoms with van der Waals surface area (Å²) in [6.45, 7) is 1.42. The highest BCUT2D eigenvalue weighted by atomic mass is 32.2. The van der Waals surface area contributed by atoms with E-state index in [9.17, 15) is 0 Å². The number of nitrogens with zero attached hydrogens (tertiary/aromatic N) is 1. The standard InChI is InChI=1S/C12H19N3OS/c1-15(2)7-8-16-9-5-4-6-10(17-3)11(9)12(13)14/h4-6H,7-8H2,1-3H3,(H3,13,14). The quantitative estimate of drug-likeness (QED) is 0.459. The molecule has 0 radical (unpaired) electrons. The van der Waals surface area contributed by atoms with Crippen LogP contribution in [0.1, 0.15) is 5.56 Å². The van der Waals surface area contributed by atoms with Crippen molar-refractivity contribution in [3.05, 3.63) is 23.8 Å². The summed E-state index contributed by atoms with van der Waals surface area (Å²) < 4.78 is 5.68. The van der Waals surface area contributed by atoms with E-state index in [1.807, 2.05) is 43.5 Å². The first-order chi connectivity index (χ1) is 8.06. The number of thioether (sulfide) groups is 1. The summed E-state index contributed by atoms with van der Waals surface area (Å²) in [4.78, 5) is 3.02. The molecule has 94 valence electrons. The molecule has 4 nitrogen and oxygen atoms in total. The molecule has 0 aliphatic carbocycles. The Kier molecular flexibility index (Phi) is 5.31. The van der Waals surface area contributed by atoms with Crippen molar-refractivity contribution in [3.8, 4) is 5.75 Å². The SMILES string of the molecule is CSc1cccc(OCCN(C)C)c1C(=N)N. The number of hydrogen-bond donors (Lipinski definition) is 2. The molecule has 0 unspecified atom stereocenters. The first kappa shape index (κ1) is 13.9. The highest BCUT2D eigenvalue weighted by Gasteiger charge is 2.11. The van der Waals surface area contributed by atoms with Crippen LogP contribution in [0.15, 0.2) is 23.1 Å². The second kappa shape index (κ2) is 6.51. The van der Waals surface area contributed by atoms with Crippen LogP contribution in [0.25, 0.3) is 0 Å². The van der Waals surface area contributed by atoms with Crippen LogP contribution in [0.5, 0.6) is 5.75 Å². The zero-order valence-corrected chi connectivity index (χ0v) is 11.3. The third kappa shape index (κ3) is 3.94. The summed E-state index contributed by atoms with van der Waals surface area (Å²) in [6.07, 6.45) is 1.96. The van der Waals surface area contributed by atoms with E-state index in [0.717, 1.165) is 11.4 Å². The molecule has 3 N–H and O–H groups in total. The van der Waals surface area contributed by atoms with Crippen LogP contribution in [0, 0.1) is 5.41 Å². The Morgan fingerprint density at radius 3 is 2.71 bits per heavy atom. The normalized spacial score (nSPS) is 10.6.